The Labute approximate surface area is 415 Å². The van der Waals surface area contributed by atoms with Gasteiger partial charge in [-0.25, -0.2) is 0 Å². The molecule has 0 bridgehead atoms. The number of allylic oxidation sites excluding steroid dienone is 3. The summed E-state index contributed by atoms with van der Waals surface area (Å²) in [7, 11) is 0. The highest BCUT2D eigenvalue weighted by Gasteiger charge is 2.30. The monoisotopic (exact) mass is 903 g/mol. The molecule has 0 saturated heterocycles. The van der Waals surface area contributed by atoms with Crippen LogP contribution in [0.4, 0.5) is 11.4 Å². The van der Waals surface area contributed by atoms with Crippen molar-refractivity contribution in [3.8, 4) is 44.5 Å². The molecule has 11 rings (SSSR count). The molecule has 342 valence electrons. The Balaban J connectivity index is 1.20. The maximum absolute atomic E-state index is 2.61. The maximum atomic E-state index is 2.61. The van der Waals surface area contributed by atoms with Gasteiger partial charge in [-0.3, -0.25) is 0 Å². The lowest BCUT2D eigenvalue weighted by Crippen LogP contribution is -2.22. The molecule has 0 heterocycles. The van der Waals surface area contributed by atoms with Crippen LogP contribution in [0, 0.1) is 5.92 Å². The minimum absolute atomic E-state index is 0.0152. The van der Waals surface area contributed by atoms with E-state index in [0.29, 0.717) is 5.92 Å². The lowest BCUT2D eigenvalue weighted by molar-refractivity contribution is 0.569. The van der Waals surface area contributed by atoms with E-state index in [2.05, 4.69) is 278 Å². The van der Waals surface area contributed by atoms with Gasteiger partial charge in [0.25, 0.3) is 0 Å². The highest BCUT2D eigenvalue weighted by Crippen LogP contribution is 2.50. The van der Waals surface area contributed by atoms with E-state index in [0.717, 1.165) is 17.8 Å². The van der Waals surface area contributed by atoms with E-state index in [1.54, 1.807) is 0 Å². The van der Waals surface area contributed by atoms with Crippen molar-refractivity contribution in [3.05, 3.63) is 247 Å². The molecule has 10 aromatic carbocycles. The number of para-hydroxylation sites is 2. The van der Waals surface area contributed by atoms with Crippen LogP contribution in [-0.2, 0) is 10.8 Å². The number of benzene rings is 10. The van der Waals surface area contributed by atoms with Crippen molar-refractivity contribution >= 4 is 49.3 Å². The zero-order valence-corrected chi connectivity index (χ0v) is 41.6. The Kier molecular flexibility index (Phi) is 11.5. The van der Waals surface area contributed by atoms with Gasteiger partial charge in [-0.15, -0.1) is 0 Å². The molecule has 1 heteroatoms. The van der Waals surface area contributed by atoms with Gasteiger partial charge < -0.3 is 4.90 Å². The fourth-order valence-corrected chi connectivity index (χ4v) is 10.8. The highest BCUT2D eigenvalue weighted by molar-refractivity contribution is 6.12. The van der Waals surface area contributed by atoms with E-state index in [-0.39, 0.29) is 10.8 Å². The zero-order chi connectivity index (χ0) is 48.1. The second-order valence-corrected chi connectivity index (χ2v) is 21.4. The molecule has 0 aromatic heterocycles. The van der Waals surface area contributed by atoms with Crippen LogP contribution in [0.25, 0.3) is 82.4 Å². The Morgan fingerprint density at radius 2 is 0.829 bits per heavy atom. The molecule has 0 aliphatic heterocycles. The Hall–Kier alpha value is -7.74. The van der Waals surface area contributed by atoms with Crippen molar-refractivity contribution in [3.63, 3.8) is 0 Å². The van der Waals surface area contributed by atoms with E-state index < -0.39 is 0 Å². The Morgan fingerprint density at radius 1 is 0.386 bits per heavy atom. The molecule has 70 heavy (non-hydrogen) atoms. The first-order valence-electron chi connectivity index (χ1n) is 25.1. The molecule has 0 spiro atoms. The molecule has 0 N–H and O–H groups in total. The highest BCUT2D eigenvalue weighted by atomic mass is 15.2. The van der Waals surface area contributed by atoms with E-state index in [4.69, 9.17) is 0 Å². The zero-order valence-electron chi connectivity index (χ0n) is 41.6. The van der Waals surface area contributed by atoms with E-state index in [9.17, 15) is 0 Å². The third kappa shape index (κ3) is 8.24. The largest absolute Gasteiger partial charge is 0.309 e. The summed E-state index contributed by atoms with van der Waals surface area (Å²) in [6, 6.07) is 79.3. The van der Waals surface area contributed by atoms with Gasteiger partial charge in [0, 0.05) is 22.4 Å². The second-order valence-electron chi connectivity index (χ2n) is 21.4. The quantitative estimate of drug-likeness (QED) is 0.147. The van der Waals surface area contributed by atoms with Crippen molar-refractivity contribution in [2.75, 3.05) is 4.90 Å². The van der Waals surface area contributed by atoms with Gasteiger partial charge in [0.2, 0.25) is 0 Å². The van der Waals surface area contributed by atoms with Crippen molar-refractivity contribution in [1.29, 1.82) is 0 Å². The van der Waals surface area contributed by atoms with Crippen LogP contribution in [0.15, 0.2) is 230 Å². The average molecular weight is 904 g/mol. The lowest BCUT2D eigenvalue weighted by Gasteiger charge is -2.36. The van der Waals surface area contributed by atoms with E-state index in [1.807, 2.05) is 0 Å². The minimum atomic E-state index is -0.0152. The third-order valence-corrected chi connectivity index (χ3v) is 14.5. The fourth-order valence-electron chi connectivity index (χ4n) is 10.8. The summed E-state index contributed by atoms with van der Waals surface area (Å²) in [5.41, 5.74) is 18.3. The van der Waals surface area contributed by atoms with Gasteiger partial charge in [-0.1, -0.05) is 261 Å². The van der Waals surface area contributed by atoms with Gasteiger partial charge in [-0.2, -0.15) is 0 Å². The predicted octanol–water partition coefficient (Wildman–Crippen LogP) is 19.6. The van der Waals surface area contributed by atoms with Crippen LogP contribution in [-0.4, -0.2) is 0 Å². The fraction of sp³-hybridized carbons (Fsp3) is 0.159. The van der Waals surface area contributed by atoms with Crippen molar-refractivity contribution in [2.24, 2.45) is 5.92 Å². The van der Waals surface area contributed by atoms with Gasteiger partial charge in [0.15, 0.2) is 0 Å². The molecule has 0 saturated carbocycles. The topological polar surface area (TPSA) is 3.24 Å². The van der Waals surface area contributed by atoms with Gasteiger partial charge in [0.1, 0.15) is 0 Å². The normalized spacial score (nSPS) is 14.2. The first-order chi connectivity index (χ1) is 33.9. The SMILES string of the molecule is CC1C=C(N(c2ccccc2-c2cccc3ccccc23)c2ccccc2-c2cccc3cccc(-c4ccccc4)c23)C(c2cccc3cccc(-c4cc(C(C)(C)C)cc(C(C)(C)C)c4)c23)=CC1. The molecule has 0 amide bonds. The minimum Gasteiger partial charge on any atom is -0.309 e. The van der Waals surface area contributed by atoms with Crippen LogP contribution in [0.2, 0.25) is 0 Å². The number of nitrogens with zero attached hydrogens (tertiary/aromatic N) is 1. The number of hydrogen-bond donors (Lipinski definition) is 0. The first kappa shape index (κ1) is 44.7. The summed E-state index contributed by atoms with van der Waals surface area (Å²) in [5, 5.41) is 7.44. The maximum Gasteiger partial charge on any atom is 0.0540 e. The van der Waals surface area contributed by atoms with Crippen LogP contribution in [0.1, 0.15) is 71.6 Å². The first-order valence-corrected chi connectivity index (χ1v) is 25.1. The molecule has 10 aromatic rings. The second kappa shape index (κ2) is 18.0. The third-order valence-electron chi connectivity index (χ3n) is 14.5. The van der Waals surface area contributed by atoms with Crippen molar-refractivity contribution in [2.45, 2.75) is 65.7 Å². The lowest BCUT2D eigenvalue weighted by atomic mass is 9.78. The van der Waals surface area contributed by atoms with Crippen LogP contribution in [0.3, 0.4) is 0 Å². The molecular formula is C69H61N. The molecule has 1 unspecified atom stereocenters. The van der Waals surface area contributed by atoms with Gasteiger partial charge >= 0.3 is 0 Å². The number of hydrogen-bond acceptors (Lipinski definition) is 1. The molecule has 0 radical (unpaired) electrons. The number of anilines is 2. The van der Waals surface area contributed by atoms with Crippen molar-refractivity contribution in [1.82, 2.24) is 0 Å². The number of rotatable bonds is 8. The summed E-state index contributed by atoms with van der Waals surface area (Å²) >= 11 is 0. The van der Waals surface area contributed by atoms with Crippen LogP contribution in [0.5, 0.6) is 0 Å². The molecule has 1 aliphatic rings. The number of fused-ring (bicyclic) bond motifs is 3. The van der Waals surface area contributed by atoms with Gasteiger partial charge in [0.05, 0.1) is 11.4 Å². The Bertz CT molecular complexity index is 3620. The predicted molar refractivity (Wildman–Crippen MR) is 303 cm³/mol. The summed E-state index contributed by atoms with van der Waals surface area (Å²) in [5.74, 6) is 0.299. The molecule has 0 fully saturated rings. The summed E-state index contributed by atoms with van der Waals surface area (Å²) in [6.45, 7) is 16.4. The average Bonchev–Trinajstić information content (AvgIpc) is 3.38. The van der Waals surface area contributed by atoms with E-state index >= 15 is 0 Å². The Morgan fingerprint density at radius 3 is 1.44 bits per heavy atom. The van der Waals surface area contributed by atoms with Crippen LogP contribution < -0.4 is 4.90 Å². The molecule has 1 atom stereocenters. The van der Waals surface area contributed by atoms with E-state index in [1.165, 1.54) is 105 Å². The standard InChI is InChI=1S/C69H61N/c1-46-40-41-60(62-37-21-29-50-27-19-34-56(67(50)62)51-43-52(68(2,3)4)45-53(44-51)69(5,6)7)65(42-46)70(63-38-15-13-31-58(63)57-35-17-25-47-24-11-12-30-54(47)57)64-39-16-14-32-59(64)61-36-20-28-49-26-18-33-55(66(49)61)48-22-9-8-10-23-48/h8-39,41-46H,40H2,1-7H3. The molecule has 1 aliphatic carbocycles. The smallest absolute Gasteiger partial charge is 0.0540 e. The molecular weight excluding hydrogens is 843 g/mol. The van der Waals surface area contributed by atoms with Gasteiger partial charge in [-0.05, 0) is 118 Å². The van der Waals surface area contributed by atoms with Crippen LogP contribution >= 0.6 is 0 Å². The summed E-state index contributed by atoms with van der Waals surface area (Å²) < 4.78 is 0. The summed E-state index contributed by atoms with van der Waals surface area (Å²) in [4.78, 5) is 2.61. The summed E-state index contributed by atoms with van der Waals surface area (Å²) in [6.07, 6.45) is 6.01. The van der Waals surface area contributed by atoms with Crippen molar-refractivity contribution < 1.29 is 0 Å². The molecule has 1 nitrogen and oxygen atoms in total.